The lowest BCUT2D eigenvalue weighted by Gasteiger charge is -2.20. The van der Waals surface area contributed by atoms with E-state index < -0.39 is 0 Å². The summed E-state index contributed by atoms with van der Waals surface area (Å²) in [5, 5.41) is 6.89. The molecule has 6 nitrogen and oxygen atoms in total. The van der Waals surface area contributed by atoms with Crippen LogP contribution >= 0.6 is 11.8 Å². The molecule has 0 radical (unpaired) electrons. The first-order valence-corrected chi connectivity index (χ1v) is 11.2. The van der Waals surface area contributed by atoms with Gasteiger partial charge in [0.1, 0.15) is 0 Å². The lowest BCUT2D eigenvalue weighted by atomic mass is 10.1. The van der Waals surface area contributed by atoms with Crippen molar-refractivity contribution in [2.45, 2.75) is 44.5 Å². The molecule has 158 valence electrons. The van der Waals surface area contributed by atoms with Gasteiger partial charge < -0.3 is 9.84 Å². The predicted molar refractivity (Wildman–Crippen MR) is 119 cm³/mol. The number of hydrogen-bond donors (Lipinski definition) is 1. The molecule has 1 amide bonds. The highest BCUT2D eigenvalue weighted by Gasteiger charge is 2.14. The van der Waals surface area contributed by atoms with Crippen LogP contribution in [0.15, 0.2) is 57.9 Å². The molecule has 0 bridgehead atoms. The third-order valence-electron chi connectivity index (χ3n) is 4.90. The number of nitrogens with one attached hydrogen (secondary N) is 1. The van der Waals surface area contributed by atoms with Crippen molar-refractivity contribution in [1.29, 1.82) is 0 Å². The van der Waals surface area contributed by atoms with E-state index in [0.717, 1.165) is 30.1 Å². The fourth-order valence-corrected chi connectivity index (χ4v) is 4.05. The summed E-state index contributed by atoms with van der Waals surface area (Å²) >= 11 is 1.52. The Morgan fingerprint density at radius 3 is 2.47 bits per heavy atom. The van der Waals surface area contributed by atoms with E-state index in [1.807, 2.05) is 30.3 Å². The van der Waals surface area contributed by atoms with Crippen molar-refractivity contribution >= 4 is 17.7 Å². The van der Waals surface area contributed by atoms with Gasteiger partial charge in [0.25, 0.3) is 5.91 Å². The van der Waals surface area contributed by atoms with Crippen molar-refractivity contribution in [3.63, 3.8) is 0 Å². The summed E-state index contributed by atoms with van der Waals surface area (Å²) < 4.78 is 5.17. The van der Waals surface area contributed by atoms with Gasteiger partial charge in [-0.2, -0.15) is 4.98 Å². The molecule has 1 heterocycles. The molecule has 2 aromatic carbocycles. The summed E-state index contributed by atoms with van der Waals surface area (Å²) in [5.41, 5.74) is 3.04. The Hall–Kier alpha value is -2.64. The van der Waals surface area contributed by atoms with E-state index in [1.54, 1.807) is 6.92 Å². The molecule has 0 saturated heterocycles. The average Bonchev–Trinajstić information content (AvgIpc) is 3.20. The number of hydrogen-bond acceptors (Lipinski definition) is 6. The molecule has 7 heteroatoms. The van der Waals surface area contributed by atoms with E-state index in [4.69, 9.17) is 4.52 Å². The number of nitrogens with zero attached hydrogens (tertiary/aromatic N) is 3. The van der Waals surface area contributed by atoms with Gasteiger partial charge in [-0.05, 0) is 43.3 Å². The lowest BCUT2D eigenvalue weighted by molar-refractivity contribution is 0.0948. The van der Waals surface area contributed by atoms with Gasteiger partial charge in [0.2, 0.25) is 5.89 Å². The van der Waals surface area contributed by atoms with E-state index in [1.165, 1.54) is 17.3 Å². The van der Waals surface area contributed by atoms with E-state index >= 15 is 0 Å². The van der Waals surface area contributed by atoms with Crippen LogP contribution in [0.25, 0.3) is 0 Å². The molecular formula is C23H28N4O2S. The van der Waals surface area contributed by atoms with E-state index in [0.29, 0.717) is 29.6 Å². The average molecular weight is 425 g/mol. The second-order valence-electron chi connectivity index (χ2n) is 6.93. The van der Waals surface area contributed by atoms with Gasteiger partial charge in [0, 0.05) is 18.0 Å². The SMILES string of the molecule is CCN(CC)Cc1ccccc1CNC(=O)c1ccccc1SCc1nc(C)no1. The second-order valence-corrected chi connectivity index (χ2v) is 7.95. The Labute approximate surface area is 182 Å². The van der Waals surface area contributed by atoms with Gasteiger partial charge >= 0.3 is 0 Å². The molecule has 0 spiro atoms. The van der Waals surface area contributed by atoms with Crippen LogP contribution in [0, 0.1) is 6.92 Å². The molecule has 1 N–H and O–H groups in total. The number of rotatable bonds is 10. The lowest BCUT2D eigenvalue weighted by Crippen LogP contribution is -2.26. The number of benzene rings is 2. The number of carbonyl (C=O) groups is 1. The first kappa shape index (κ1) is 22.1. The molecular weight excluding hydrogens is 396 g/mol. The van der Waals surface area contributed by atoms with Crippen molar-refractivity contribution in [3.8, 4) is 0 Å². The molecule has 0 aliphatic rings. The monoisotopic (exact) mass is 424 g/mol. The quantitative estimate of drug-likeness (QED) is 0.485. The van der Waals surface area contributed by atoms with Crippen LogP contribution in [0.3, 0.4) is 0 Å². The fourth-order valence-electron chi connectivity index (χ4n) is 3.16. The zero-order valence-corrected chi connectivity index (χ0v) is 18.5. The van der Waals surface area contributed by atoms with E-state index in [2.05, 4.69) is 52.4 Å². The maximum atomic E-state index is 12.9. The molecule has 30 heavy (non-hydrogen) atoms. The highest BCUT2D eigenvalue weighted by molar-refractivity contribution is 7.98. The molecule has 1 aromatic heterocycles. The minimum Gasteiger partial charge on any atom is -0.348 e. The molecule has 0 fully saturated rings. The molecule has 0 unspecified atom stereocenters. The zero-order chi connectivity index (χ0) is 21.3. The first-order chi connectivity index (χ1) is 14.6. The Morgan fingerprint density at radius 2 is 1.77 bits per heavy atom. The number of amides is 1. The van der Waals surface area contributed by atoms with Gasteiger partial charge in [-0.3, -0.25) is 9.69 Å². The van der Waals surface area contributed by atoms with Crippen molar-refractivity contribution in [1.82, 2.24) is 20.4 Å². The summed E-state index contributed by atoms with van der Waals surface area (Å²) in [6, 6.07) is 15.9. The number of aryl methyl sites for hydroxylation is 1. The van der Waals surface area contributed by atoms with Crippen molar-refractivity contribution in [2.24, 2.45) is 0 Å². The topological polar surface area (TPSA) is 71.3 Å². The van der Waals surface area contributed by atoms with Crippen molar-refractivity contribution < 1.29 is 9.32 Å². The summed E-state index contributed by atoms with van der Waals surface area (Å²) in [4.78, 5) is 20.4. The van der Waals surface area contributed by atoms with Crippen LogP contribution in [-0.4, -0.2) is 34.0 Å². The molecule has 3 rings (SSSR count). The Morgan fingerprint density at radius 1 is 1.07 bits per heavy atom. The molecule has 0 aliphatic heterocycles. The number of thioether (sulfide) groups is 1. The van der Waals surface area contributed by atoms with Gasteiger partial charge in [-0.15, -0.1) is 11.8 Å². The van der Waals surface area contributed by atoms with Gasteiger partial charge in [0.05, 0.1) is 11.3 Å². The summed E-state index contributed by atoms with van der Waals surface area (Å²) in [6.45, 7) is 9.50. The van der Waals surface area contributed by atoms with Crippen LogP contribution in [0.1, 0.15) is 47.0 Å². The summed E-state index contributed by atoms with van der Waals surface area (Å²) in [5.74, 6) is 1.60. The Balaban J connectivity index is 1.66. The maximum Gasteiger partial charge on any atom is 0.252 e. The number of carbonyl (C=O) groups excluding carboxylic acids is 1. The van der Waals surface area contributed by atoms with Crippen LogP contribution in [-0.2, 0) is 18.8 Å². The maximum absolute atomic E-state index is 12.9. The first-order valence-electron chi connectivity index (χ1n) is 10.2. The largest absolute Gasteiger partial charge is 0.348 e. The molecule has 0 aliphatic carbocycles. The standard InChI is InChI=1S/C23H28N4O2S/c1-4-27(5-2)15-19-11-7-6-10-18(19)14-24-23(28)20-12-8-9-13-21(20)30-16-22-25-17(3)26-29-22/h6-13H,4-5,14-16H2,1-3H3,(H,24,28). The van der Waals surface area contributed by atoms with Crippen LogP contribution in [0.5, 0.6) is 0 Å². The van der Waals surface area contributed by atoms with Crippen LogP contribution in [0.2, 0.25) is 0 Å². The summed E-state index contributed by atoms with van der Waals surface area (Å²) in [6.07, 6.45) is 0. The highest BCUT2D eigenvalue weighted by Crippen LogP contribution is 2.26. The fraction of sp³-hybridized carbons (Fsp3) is 0.348. The highest BCUT2D eigenvalue weighted by atomic mass is 32.2. The smallest absolute Gasteiger partial charge is 0.252 e. The minimum atomic E-state index is -0.0857. The number of aromatic nitrogens is 2. The molecule has 0 atom stereocenters. The van der Waals surface area contributed by atoms with Gasteiger partial charge in [0.15, 0.2) is 5.82 Å². The second kappa shape index (κ2) is 10.9. The van der Waals surface area contributed by atoms with Crippen molar-refractivity contribution in [2.75, 3.05) is 13.1 Å². The van der Waals surface area contributed by atoms with E-state index in [9.17, 15) is 4.79 Å². The Kier molecular flexibility index (Phi) is 8.04. The molecule has 0 saturated carbocycles. The minimum absolute atomic E-state index is 0.0857. The van der Waals surface area contributed by atoms with Crippen molar-refractivity contribution in [3.05, 3.63) is 76.9 Å². The van der Waals surface area contributed by atoms with Crippen LogP contribution in [0.4, 0.5) is 0 Å². The zero-order valence-electron chi connectivity index (χ0n) is 17.7. The third kappa shape index (κ3) is 5.93. The summed E-state index contributed by atoms with van der Waals surface area (Å²) in [7, 11) is 0. The predicted octanol–water partition coefficient (Wildman–Crippen LogP) is 4.44. The normalized spacial score (nSPS) is 11.1. The third-order valence-corrected chi connectivity index (χ3v) is 5.96. The van der Waals surface area contributed by atoms with Crippen LogP contribution < -0.4 is 5.32 Å². The Bertz CT molecular complexity index is 969. The van der Waals surface area contributed by atoms with E-state index in [-0.39, 0.29) is 5.91 Å². The molecule has 3 aromatic rings. The van der Waals surface area contributed by atoms with Gasteiger partial charge in [-0.25, -0.2) is 0 Å². The van der Waals surface area contributed by atoms with Gasteiger partial charge in [-0.1, -0.05) is 55.4 Å².